The van der Waals surface area contributed by atoms with Crippen molar-refractivity contribution < 1.29 is 28.6 Å². The molecule has 170 valence electrons. The molecular weight excluding hydrogens is 424 g/mol. The standard InChI is InChI=1S/C25H24N2O6/c1-13(28)23-22-21(19-8-5-14-11-15(31-2)6-9-17(14)26(19)23)24(29)27(25(22)30)18-10-7-16(32-3)12-20(18)33-4/h5-12,19,21-23H,1-4H3. The van der Waals surface area contributed by atoms with E-state index in [0.717, 1.165) is 16.2 Å². The van der Waals surface area contributed by atoms with Crippen LogP contribution in [0, 0.1) is 11.8 Å². The maximum atomic E-state index is 13.7. The average Bonchev–Trinajstić information content (AvgIpc) is 3.31. The Labute approximate surface area is 191 Å². The summed E-state index contributed by atoms with van der Waals surface area (Å²) < 4.78 is 16.0. The first-order chi connectivity index (χ1) is 15.9. The van der Waals surface area contributed by atoms with Crippen molar-refractivity contribution in [2.24, 2.45) is 11.8 Å². The van der Waals surface area contributed by atoms with Crippen molar-refractivity contribution in [3.63, 3.8) is 0 Å². The number of rotatable bonds is 5. The quantitative estimate of drug-likeness (QED) is 0.650. The van der Waals surface area contributed by atoms with Crippen LogP contribution in [0.4, 0.5) is 11.4 Å². The molecule has 2 saturated heterocycles. The largest absolute Gasteiger partial charge is 0.497 e. The summed E-state index contributed by atoms with van der Waals surface area (Å²) in [5, 5.41) is 0. The van der Waals surface area contributed by atoms with Gasteiger partial charge in [-0.3, -0.25) is 14.4 Å². The van der Waals surface area contributed by atoms with Gasteiger partial charge >= 0.3 is 0 Å². The van der Waals surface area contributed by atoms with E-state index in [-0.39, 0.29) is 11.7 Å². The third-order valence-corrected chi connectivity index (χ3v) is 6.76. The number of ketones is 1. The van der Waals surface area contributed by atoms with E-state index < -0.39 is 29.8 Å². The molecule has 3 aliphatic rings. The maximum absolute atomic E-state index is 13.7. The molecule has 0 N–H and O–H groups in total. The molecule has 2 amide bonds. The number of benzene rings is 2. The van der Waals surface area contributed by atoms with Crippen molar-refractivity contribution in [3.8, 4) is 17.2 Å². The second kappa shape index (κ2) is 7.65. The van der Waals surface area contributed by atoms with Gasteiger partial charge in [-0.05, 0) is 37.3 Å². The smallest absolute Gasteiger partial charge is 0.240 e. The summed E-state index contributed by atoms with van der Waals surface area (Å²) in [5.41, 5.74) is 2.04. The minimum absolute atomic E-state index is 0.158. The maximum Gasteiger partial charge on any atom is 0.240 e. The van der Waals surface area contributed by atoms with E-state index in [1.54, 1.807) is 25.3 Å². The monoisotopic (exact) mass is 448 g/mol. The summed E-state index contributed by atoms with van der Waals surface area (Å²) in [6.07, 6.45) is 3.83. The van der Waals surface area contributed by atoms with Crippen LogP contribution in [-0.2, 0) is 14.4 Å². The molecule has 0 radical (unpaired) electrons. The lowest BCUT2D eigenvalue weighted by Crippen LogP contribution is -2.48. The summed E-state index contributed by atoms with van der Waals surface area (Å²) in [6.45, 7) is 1.47. The topological polar surface area (TPSA) is 85.4 Å². The Bertz CT molecular complexity index is 1210. The molecule has 4 atom stereocenters. The van der Waals surface area contributed by atoms with E-state index in [9.17, 15) is 14.4 Å². The van der Waals surface area contributed by atoms with Gasteiger partial charge in [-0.15, -0.1) is 0 Å². The zero-order valence-electron chi connectivity index (χ0n) is 18.8. The van der Waals surface area contributed by atoms with Crippen LogP contribution in [0.3, 0.4) is 0 Å². The van der Waals surface area contributed by atoms with Crippen LogP contribution >= 0.6 is 0 Å². The van der Waals surface area contributed by atoms with E-state index in [1.165, 1.54) is 21.1 Å². The van der Waals surface area contributed by atoms with E-state index in [0.29, 0.717) is 22.9 Å². The van der Waals surface area contributed by atoms with E-state index in [2.05, 4.69) is 0 Å². The molecular formula is C25H24N2O6. The van der Waals surface area contributed by atoms with Gasteiger partial charge in [-0.25, -0.2) is 4.90 Å². The van der Waals surface area contributed by atoms with Crippen LogP contribution in [0.15, 0.2) is 42.5 Å². The van der Waals surface area contributed by atoms with E-state index in [4.69, 9.17) is 14.2 Å². The average molecular weight is 448 g/mol. The summed E-state index contributed by atoms with van der Waals surface area (Å²) in [5.74, 6) is -0.766. The molecule has 0 spiro atoms. The molecule has 0 saturated carbocycles. The molecule has 3 heterocycles. The molecule has 8 heteroatoms. The molecule has 4 unspecified atom stereocenters. The summed E-state index contributed by atoms with van der Waals surface area (Å²) in [4.78, 5) is 43.3. The lowest BCUT2D eigenvalue weighted by Gasteiger charge is -2.36. The van der Waals surface area contributed by atoms with E-state index in [1.807, 2.05) is 35.3 Å². The van der Waals surface area contributed by atoms with Crippen molar-refractivity contribution in [2.75, 3.05) is 31.1 Å². The SMILES string of the molecule is COc1ccc2c(c1)C=CC1C3C(=O)N(c4ccc(OC)cc4OC)C(=O)C3C(C(C)=O)N21. The van der Waals surface area contributed by atoms with Gasteiger partial charge in [0.15, 0.2) is 5.78 Å². The molecule has 33 heavy (non-hydrogen) atoms. The lowest BCUT2D eigenvalue weighted by molar-refractivity contribution is -0.126. The molecule has 5 rings (SSSR count). The number of nitrogens with zero attached hydrogens (tertiary/aromatic N) is 2. The number of methoxy groups -OCH3 is 3. The number of carbonyl (C=O) groups is 3. The number of imide groups is 1. The lowest BCUT2D eigenvalue weighted by atomic mass is 9.88. The molecule has 2 aromatic carbocycles. The van der Waals surface area contributed by atoms with Gasteiger partial charge in [0.25, 0.3) is 0 Å². The second-order valence-electron chi connectivity index (χ2n) is 8.34. The first-order valence-electron chi connectivity index (χ1n) is 10.7. The predicted molar refractivity (Wildman–Crippen MR) is 122 cm³/mol. The highest BCUT2D eigenvalue weighted by atomic mass is 16.5. The highest BCUT2D eigenvalue weighted by Crippen LogP contribution is 2.50. The Morgan fingerprint density at radius 1 is 0.848 bits per heavy atom. The number of hydrogen-bond donors (Lipinski definition) is 0. The molecule has 0 bridgehead atoms. The Hall–Kier alpha value is -3.81. The number of carbonyl (C=O) groups excluding carboxylic acids is 3. The number of hydrogen-bond acceptors (Lipinski definition) is 7. The second-order valence-corrected chi connectivity index (χ2v) is 8.34. The summed E-state index contributed by atoms with van der Waals surface area (Å²) >= 11 is 0. The minimum atomic E-state index is -0.787. The Balaban J connectivity index is 1.60. The van der Waals surface area contributed by atoms with Gasteiger partial charge < -0.3 is 19.1 Å². The Kier molecular flexibility index (Phi) is 4.88. The number of fused-ring (bicyclic) bond motifs is 5. The molecule has 8 nitrogen and oxygen atoms in total. The van der Waals surface area contributed by atoms with Gasteiger partial charge in [-0.2, -0.15) is 0 Å². The van der Waals surface area contributed by atoms with Crippen molar-refractivity contribution in [2.45, 2.75) is 19.0 Å². The van der Waals surface area contributed by atoms with Crippen molar-refractivity contribution in [1.29, 1.82) is 0 Å². The third-order valence-electron chi connectivity index (χ3n) is 6.76. The first kappa shape index (κ1) is 21.1. The Morgan fingerprint density at radius 3 is 2.12 bits per heavy atom. The fourth-order valence-corrected chi connectivity index (χ4v) is 5.34. The van der Waals surface area contributed by atoms with Gasteiger partial charge in [-0.1, -0.05) is 12.2 Å². The van der Waals surface area contributed by atoms with Gasteiger partial charge in [0, 0.05) is 17.3 Å². The van der Waals surface area contributed by atoms with Crippen molar-refractivity contribution in [3.05, 3.63) is 48.0 Å². The molecule has 0 aromatic heterocycles. The van der Waals surface area contributed by atoms with Crippen LogP contribution in [0.5, 0.6) is 17.2 Å². The molecule has 2 fully saturated rings. The Morgan fingerprint density at radius 2 is 1.48 bits per heavy atom. The highest BCUT2D eigenvalue weighted by molar-refractivity contribution is 6.25. The van der Waals surface area contributed by atoms with Crippen LogP contribution in [0.1, 0.15) is 12.5 Å². The van der Waals surface area contributed by atoms with Crippen LogP contribution in [0.2, 0.25) is 0 Å². The molecule has 3 aliphatic heterocycles. The third kappa shape index (κ3) is 2.93. The minimum Gasteiger partial charge on any atom is -0.497 e. The molecule has 0 aliphatic carbocycles. The van der Waals surface area contributed by atoms with E-state index >= 15 is 0 Å². The van der Waals surface area contributed by atoms with Gasteiger partial charge in [0.2, 0.25) is 11.8 Å². The fourth-order valence-electron chi connectivity index (χ4n) is 5.34. The van der Waals surface area contributed by atoms with Crippen molar-refractivity contribution >= 4 is 35.0 Å². The molecule has 2 aromatic rings. The number of Topliss-reactive ketones (excluding diaryl/α,β-unsaturated/α-hetero) is 1. The number of anilines is 2. The zero-order valence-corrected chi connectivity index (χ0v) is 18.8. The summed E-state index contributed by atoms with van der Waals surface area (Å²) in [6, 6.07) is 9.35. The predicted octanol–water partition coefficient (Wildman–Crippen LogP) is 2.69. The summed E-state index contributed by atoms with van der Waals surface area (Å²) in [7, 11) is 4.59. The number of ether oxygens (including phenoxy) is 3. The number of amides is 2. The van der Waals surface area contributed by atoms with Crippen LogP contribution in [0.25, 0.3) is 6.08 Å². The van der Waals surface area contributed by atoms with Crippen molar-refractivity contribution in [1.82, 2.24) is 0 Å². The fraction of sp³-hybridized carbons (Fsp3) is 0.320. The highest BCUT2D eigenvalue weighted by Gasteiger charge is 2.64. The first-order valence-corrected chi connectivity index (χ1v) is 10.7. The van der Waals surface area contributed by atoms with Gasteiger partial charge in [0.1, 0.15) is 23.3 Å². The van der Waals surface area contributed by atoms with Gasteiger partial charge in [0.05, 0.1) is 44.9 Å². The zero-order chi connectivity index (χ0) is 23.4. The van der Waals surface area contributed by atoms with Crippen LogP contribution in [-0.4, -0.2) is 51.0 Å². The normalized spacial score (nSPS) is 25.0. The van der Waals surface area contributed by atoms with Crippen LogP contribution < -0.4 is 24.0 Å².